The first-order valence-electron chi connectivity index (χ1n) is 8.63. The molecule has 0 aliphatic rings. The zero-order valence-corrected chi connectivity index (χ0v) is 15.7. The van der Waals surface area contributed by atoms with Crippen LogP contribution in [0.1, 0.15) is 29.4 Å². The van der Waals surface area contributed by atoms with E-state index >= 15 is 0 Å². The molecule has 0 saturated heterocycles. The summed E-state index contributed by atoms with van der Waals surface area (Å²) in [6.45, 7) is 10.1. The number of halogens is 3. The average molecular weight is 379 g/mol. The molecule has 0 spiro atoms. The van der Waals surface area contributed by atoms with E-state index in [0.717, 1.165) is 17.5 Å². The fourth-order valence-electron chi connectivity index (χ4n) is 2.66. The maximum atomic E-state index is 13.6. The quantitative estimate of drug-likeness (QED) is 0.457. The number of benzene rings is 1. The van der Waals surface area contributed by atoms with Crippen molar-refractivity contribution in [3.63, 3.8) is 0 Å². The third kappa shape index (κ3) is 5.35. The number of hydrogen-bond acceptors (Lipinski definition) is 2. The van der Waals surface area contributed by atoms with Crippen molar-refractivity contribution in [3.8, 4) is 5.69 Å². The summed E-state index contributed by atoms with van der Waals surface area (Å²) >= 11 is 0. The number of nitrogens with one attached hydrogen (secondary N) is 2. The molecular formula is C19H24F3N5. The zero-order valence-electron chi connectivity index (χ0n) is 15.7. The largest absolute Gasteiger partial charge is 0.416 e. The molecule has 2 aromatic rings. The highest BCUT2D eigenvalue weighted by Gasteiger charge is 2.33. The molecule has 2 N–H and O–H groups in total. The molecule has 0 bridgehead atoms. The highest BCUT2D eigenvalue weighted by molar-refractivity contribution is 5.79. The van der Waals surface area contributed by atoms with Gasteiger partial charge in [-0.2, -0.15) is 18.3 Å². The fraction of sp³-hybridized carbons (Fsp3) is 0.368. The Bertz CT molecular complexity index is 821. The second-order valence-corrected chi connectivity index (χ2v) is 6.04. The third-order valence-electron chi connectivity index (χ3n) is 3.82. The molecule has 0 radical (unpaired) electrons. The van der Waals surface area contributed by atoms with E-state index in [9.17, 15) is 13.2 Å². The molecule has 0 fully saturated rings. The number of alkyl halides is 3. The topological polar surface area (TPSA) is 54.2 Å². The smallest absolute Gasteiger partial charge is 0.357 e. The van der Waals surface area contributed by atoms with Gasteiger partial charge in [0, 0.05) is 18.8 Å². The van der Waals surface area contributed by atoms with Gasteiger partial charge >= 0.3 is 6.18 Å². The lowest BCUT2D eigenvalue weighted by atomic mass is 10.1. The molecule has 2 rings (SSSR count). The van der Waals surface area contributed by atoms with Gasteiger partial charge in [0.05, 0.1) is 23.5 Å². The van der Waals surface area contributed by atoms with Crippen molar-refractivity contribution in [2.24, 2.45) is 4.99 Å². The molecule has 1 heterocycles. The molecule has 27 heavy (non-hydrogen) atoms. The summed E-state index contributed by atoms with van der Waals surface area (Å²) in [5, 5.41) is 10.2. The van der Waals surface area contributed by atoms with Crippen LogP contribution in [-0.4, -0.2) is 28.8 Å². The Morgan fingerprint density at radius 3 is 2.56 bits per heavy atom. The number of aliphatic imine (C=N–C) groups is 1. The van der Waals surface area contributed by atoms with Crippen LogP contribution in [0, 0.1) is 13.8 Å². The molecule has 5 nitrogen and oxygen atoms in total. The molecule has 0 aliphatic carbocycles. The standard InChI is InChI=1S/C19H24F3N5/c1-5-9-24-18(23-6-2)25-12-15-7-8-16(11-17(15)19(20,21)22)27-14(4)10-13(3)26-27/h5,7-8,10-11H,1,6,9,12H2,2-4H3,(H2,23,24,25). The van der Waals surface area contributed by atoms with Crippen LogP contribution in [0.5, 0.6) is 0 Å². The monoisotopic (exact) mass is 379 g/mol. The second-order valence-electron chi connectivity index (χ2n) is 6.04. The SMILES string of the molecule is C=CCNC(=NCc1ccc(-n2nc(C)cc2C)cc1C(F)(F)F)NCC. The molecule has 0 amide bonds. The van der Waals surface area contributed by atoms with E-state index in [-0.39, 0.29) is 12.1 Å². The van der Waals surface area contributed by atoms with Gasteiger partial charge < -0.3 is 10.6 Å². The van der Waals surface area contributed by atoms with Crippen molar-refractivity contribution in [2.45, 2.75) is 33.5 Å². The van der Waals surface area contributed by atoms with Gasteiger partial charge in [-0.05, 0) is 44.5 Å². The summed E-state index contributed by atoms with van der Waals surface area (Å²) < 4.78 is 42.3. The number of hydrogen-bond donors (Lipinski definition) is 2. The zero-order chi connectivity index (χ0) is 20.0. The van der Waals surface area contributed by atoms with Gasteiger partial charge in [-0.25, -0.2) is 9.67 Å². The van der Waals surface area contributed by atoms with E-state index in [2.05, 4.69) is 27.3 Å². The minimum atomic E-state index is -4.48. The Morgan fingerprint density at radius 1 is 1.26 bits per heavy atom. The van der Waals surface area contributed by atoms with Gasteiger partial charge in [-0.1, -0.05) is 12.1 Å². The summed E-state index contributed by atoms with van der Waals surface area (Å²) in [6, 6.07) is 6.02. The molecule has 1 aromatic heterocycles. The average Bonchev–Trinajstić information content (AvgIpc) is 2.94. The van der Waals surface area contributed by atoms with Crippen LogP contribution in [0.3, 0.4) is 0 Å². The summed E-state index contributed by atoms with van der Waals surface area (Å²) in [7, 11) is 0. The predicted molar refractivity (Wildman–Crippen MR) is 101 cm³/mol. The molecular weight excluding hydrogens is 355 g/mol. The Morgan fingerprint density at radius 2 is 2.00 bits per heavy atom. The Balaban J connectivity index is 2.38. The van der Waals surface area contributed by atoms with Crippen molar-refractivity contribution < 1.29 is 13.2 Å². The predicted octanol–water partition coefficient (Wildman–Crippen LogP) is 3.75. The number of aryl methyl sites for hydroxylation is 2. The van der Waals surface area contributed by atoms with Gasteiger partial charge in [0.25, 0.3) is 0 Å². The maximum absolute atomic E-state index is 13.6. The molecule has 8 heteroatoms. The van der Waals surface area contributed by atoms with E-state index in [0.29, 0.717) is 24.7 Å². The van der Waals surface area contributed by atoms with Gasteiger partial charge in [-0.3, -0.25) is 0 Å². The summed E-state index contributed by atoms with van der Waals surface area (Å²) in [5.74, 6) is 0.438. The van der Waals surface area contributed by atoms with E-state index < -0.39 is 11.7 Å². The molecule has 0 unspecified atom stereocenters. The van der Waals surface area contributed by atoms with Crippen molar-refractivity contribution in [1.29, 1.82) is 0 Å². The Labute approximate surface area is 157 Å². The molecule has 0 aliphatic heterocycles. The first-order chi connectivity index (χ1) is 12.8. The van der Waals surface area contributed by atoms with Crippen molar-refractivity contribution >= 4 is 5.96 Å². The number of nitrogens with zero attached hydrogens (tertiary/aromatic N) is 3. The fourth-order valence-corrected chi connectivity index (χ4v) is 2.66. The maximum Gasteiger partial charge on any atom is 0.416 e. The number of aromatic nitrogens is 2. The van der Waals surface area contributed by atoms with Gasteiger partial charge in [-0.15, -0.1) is 6.58 Å². The van der Waals surface area contributed by atoms with Crippen LogP contribution in [0.4, 0.5) is 13.2 Å². The van der Waals surface area contributed by atoms with Crippen LogP contribution in [0.2, 0.25) is 0 Å². The van der Waals surface area contributed by atoms with Crippen LogP contribution in [0.15, 0.2) is 41.9 Å². The third-order valence-corrected chi connectivity index (χ3v) is 3.82. The van der Waals surface area contributed by atoms with Crippen LogP contribution >= 0.6 is 0 Å². The van der Waals surface area contributed by atoms with Crippen LogP contribution in [-0.2, 0) is 12.7 Å². The molecule has 0 saturated carbocycles. The Kier molecular flexibility index (Phi) is 6.65. The van der Waals surface area contributed by atoms with E-state index in [1.807, 2.05) is 13.0 Å². The lowest BCUT2D eigenvalue weighted by Gasteiger charge is -2.15. The van der Waals surface area contributed by atoms with E-state index in [1.54, 1.807) is 26.0 Å². The van der Waals surface area contributed by atoms with Crippen molar-refractivity contribution in [2.75, 3.05) is 13.1 Å². The minimum Gasteiger partial charge on any atom is -0.357 e. The van der Waals surface area contributed by atoms with Gasteiger partial charge in [0.15, 0.2) is 5.96 Å². The summed E-state index contributed by atoms with van der Waals surface area (Å²) in [5.41, 5.74) is 1.28. The van der Waals surface area contributed by atoms with Crippen LogP contribution < -0.4 is 10.6 Å². The first kappa shape index (κ1) is 20.5. The first-order valence-corrected chi connectivity index (χ1v) is 8.63. The van der Waals surface area contributed by atoms with Crippen LogP contribution in [0.25, 0.3) is 5.69 Å². The number of rotatable bonds is 6. The highest BCUT2D eigenvalue weighted by atomic mass is 19.4. The van der Waals surface area contributed by atoms with Gasteiger partial charge in [0.2, 0.25) is 0 Å². The van der Waals surface area contributed by atoms with E-state index in [4.69, 9.17) is 0 Å². The lowest BCUT2D eigenvalue weighted by Crippen LogP contribution is -2.37. The molecule has 146 valence electrons. The molecule has 1 aromatic carbocycles. The Hall–Kier alpha value is -2.77. The summed E-state index contributed by atoms with van der Waals surface area (Å²) in [4.78, 5) is 4.24. The van der Waals surface area contributed by atoms with Crippen molar-refractivity contribution in [3.05, 3.63) is 59.4 Å². The van der Waals surface area contributed by atoms with Gasteiger partial charge in [0.1, 0.15) is 0 Å². The lowest BCUT2D eigenvalue weighted by molar-refractivity contribution is -0.138. The normalized spacial score (nSPS) is 12.1. The minimum absolute atomic E-state index is 0.0985. The highest BCUT2D eigenvalue weighted by Crippen LogP contribution is 2.34. The molecule has 0 atom stereocenters. The summed E-state index contributed by atoms with van der Waals surface area (Å²) in [6.07, 6.45) is -2.83. The van der Waals surface area contributed by atoms with E-state index in [1.165, 1.54) is 10.7 Å². The second kappa shape index (κ2) is 8.75. The number of guanidine groups is 1. The van der Waals surface area contributed by atoms with Crippen molar-refractivity contribution in [1.82, 2.24) is 20.4 Å².